The van der Waals surface area contributed by atoms with Crippen LogP contribution in [0, 0.1) is 0 Å². The standard InChI is InChI=1S/C39H41Cl2N5O4/c1-49-34-18-25(17-23-15-16-46(22-32(23)34)21-27-11-14-36(48)44-27)28-5-3-6-29(37(28)40)30-7-4-8-31(38(30)41)33-12-9-24(39(45-33)50-2)19-42-20-26-10-13-35(47)43-26/h3-9,12,17-18,26-27,42H,10-11,13-16,19-22H2,1-2H3,(H,43,47)(H,44,48)/t26-,27-/m1/s1. The van der Waals surface area contributed by atoms with Crippen LogP contribution in [0.3, 0.4) is 0 Å². The van der Waals surface area contributed by atoms with Crippen molar-refractivity contribution in [3.63, 3.8) is 0 Å². The van der Waals surface area contributed by atoms with Crippen molar-refractivity contribution in [2.75, 3.05) is 33.9 Å². The second-order valence-corrected chi connectivity index (χ2v) is 14.0. The lowest BCUT2D eigenvalue weighted by Crippen LogP contribution is -2.41. The molecular formula is C39H41Cl2N5O4. The van der Waals surface area contributed by atoms with Gasteiger partial charge >= 0.3 is 0 Å². The molecule has 50 heavy (non-hydrogen) atoms. The SMILES string of the molecule is COc1cc(-c2cccc(-c3cccc(-c4ccc(CNC[C@H]5CCC(=O)N5)c(OC)n4)c3Cl)c2Cl)cc2c1CN(C[C@H]1CCC(=O)N1)CC2. The van der Waals surface area contributed by atoms with E-state index in [2.05, 4.69) is 33.0 Å². The third kappa shape index (κ3) is 7.19. The van der Waals surface area contributed by atoms with Gasteiger partial charge in [-0.1, -0.05) is 71.7 Å². The van der Waals surface area contributed by atoms with Crippen LogP contribution in [0.2, 0.25) is 10.0 Å². The number of fused-ring (bicyclic) bond motifs is 1. The van der Waals surface area contributed by atoms with Gasteiger partial charge in [0.2, 0.25) is 17.7 Å². The Morgan fingerprint density at radius 2 is 1.52 bits per heavy atom. The van der Waals surface area contributed by atoms with E-state index < -0.39 is 0 Å². The van der Waals surface area contributed by atoms with Crippen molar-refractivity contribution in [1.29, 1.82) is 0 Å². The van der Waals surface area contributed by atoms with E-state index in [1.807, 2.05) is 48.5 Å². The normalized spacial score (nSPS) is 18.9. The van der Waals surface area contributed by atoms with Crippen molar-refractivity contribution in [3.05, 3.63) is 87.4 Å². The molecule has 2 saturated heterocycles. The molecule has 260 valence electrons. The lowest BCUT2D eigenvalue weighted by Gasteiger charge is -2.32. The van der Waals surface area contributed by atoms with Gasteiger partial charge in [-0.05, 0) is 42.5 Å². The zero-order chi connectivity index (χ0) is 34.8. The minimum Gasteiger partial charge on any atom is -0.496 e. The van der Waals surface area contributed by atoms with Gasteiger partial charge in [0.25, 0.3) is 0 Å². The molecule has 3 N–H and O–H groups in total. The molecule has 3 aliphatic rings. The number of ether oxygens (including phenoxy) is 2. The number of halogens is 2. The first-order valence-electron chi connectivity index (χ1n) is 17.1. The largest absolute Gasteiger partial charge is 0.496 e. The zero-order valence-electron chi connectivity index (χ0n) is 28.3. The zero-order valence-corrected chi connectivity index (χ0v) is 29.8. The Kier molecular flexibility index (Phi) is 10.3. The summed E-state index contributed by atoms with van der Waals surface area (Å²) in [6, 6.07) is 20.5. The third-order valence-electron chi connectivity index (χ3n) is 9.96. The topological polar surface area (TPSA) is 105 Å². The van der Waals surface area contributed by atoms with Gasteiger partial charge in [0, 0.05) is 91.0 Å². The van der Waals surface area contributed by atoms with Gasteiger partial charge in [-0.2, -0.15) is 0 Å². The van der Waals surface area contributed by atoms with Gasteiger partial charge in [-0.3, -0.25) is 14.5 Å². The monoisotopic (exact) mass is 713 g/mol. The summed E-state index contributed by atoms with van der Waals surface area (Å²) in [6.07, 6.45) is 3.80. The summed E-state index contributed by atoms with van der Waals surface area (Å²) in [5.41, 5.74) is 8.33. The average Bonchev–Trinajstić information content (AvgIpc) is 3.74. The molecule has 0 aliphatic carbocycles. The van der Waals surface area contributed by atoms with Gasteiger partial charge < -0.3 is 25.4 Å². The molecule has 11 heteroatoms. The van der Waals surface area contributed by atoms with Crippen LogP contribution in [-0.4, -0.2) is 67.6 Å². The minimum atomic E-state index is 0.104. The van der Waals surface area contributed by atoms with E-state index in [1.165, 1.54) is 11.1 Å². The molecule has 4 aromatic rings. The van der Waals surface area contributed by atoms with Crippen molar-refractivity contribution < 1.29 is 19.1 Å². The van der Waals surface area contributed by atoms with Crippen molar-refractivity contribution in [1.82, 2.24) is 25.8 Å². The molecule has 7 rings (SSSR count). The molecule has 3 aliphatic heterocycles. The van der Waals surface area contributed by atoms with E-state index >= 15 is 0 Å². The number of benzene rings is 3. The Morgan fingerprint density at radius 1 is 0.840 bits per heavy atom. The smallest absolute Gasteiger partial charge is 0.220 e. The summed E-state index contributed by atoms with van der Waals surface area (Å²) in [6.45, 7) is 3.78. The van der Waals surface area contributed by atoms with Crippen LogP contribution in [0.4, 0.5) is 0 Å². The molecule has 0 radical (unpaired) electrons. The maximum atomic E-state index is 11.7. The first-order chi connectivity index (χ1) is 24.3. The fourth-order valence-corrected chi connectivity index (χ4v) is 8.01. The fraction of sp³-hybridized carbons (Fsp3) is 0.359. The highest BCUT2D eigenvalue weighted by Gasteiger charge is 2.27. The predicted octanol–water partition coefficient (Wildman–Crippen LogP) is 6.41. The number of methoxy groups -OCH3 is 2. The highest BCUT2D eigenvalue weighted by atomic mass is 35.5. The van der Waals surface area contributed by atoms with Crippen LogP contribution in [-0.2, 0) is 29.1 Å². The number of nitrogens with zero attached hydrogens (tertiary/aromatic N) is 2. The maximum absolute atomic E-state index is 11.7. The van der Waals surface area contributed by atoms with Gasteiger partial charge in [-0.15, -0.1) is 0 Å². The maximum Gasteiger partial charge on any atom is 0.220 e. The van der Waals surface area contributed by atoms with Crippen molar-refractivity contribution in [3.8, 4) is 45.1 Å². The lowest BCUT2D eigenvalue weighted by atomic mass is 9.91. The highest BCUT2D eigenvalue weighted by Crippen LogP contribution is 2.44. The van der Waals surface area contributed by atoms with E-state index in [4.69, 9.17) is 37.7 Å². The van der Waals surface area contributed by atoms with Crippen LogP contribution in [0.1, 0.15) is 42.4 Å². The Balaban J connectivity index is 1.13. The highest BCUT2D eigenvalue weighted by molar-refractivity contribution is 6.39. The number of nitrogens with one attached hydrogen (secondary N) is 3. The van der Waals surface area contributed by atoms with Crippen LogP contribution < -0.4 is 25.4 Å². The number of aromatic nitrogens is 1. The van der Waals surface area contributed by atoms with E-state index in [9.17, 15) is 9.59 Å². The summed E-state index contributed by atoms with van der Waals surface area (Å²) in [5, 5.41) is 10.6. The molecule has 0 saturated carbocycles. The molecule has 4 heterocycles. The van der Waals surface area contributed by atoms with E-state index in [-0.39, 0.29) is 23.9 Å². The fourth-order valence-electron chi connectivity index (χ4n) is 7.35. The number of hydrogen-bond acceptors (Lipinski definition) is 7. The molecule has 2 fully saturated rings. The summed E-state index contributed by atoms with van der Waals surface area (Å²) in [4.78, 5) is 30.5. The number of carbonyl (C=O) groups excluding carboxylic acids is 2. The molecule has 9 nitrogen and oxygen atoms in total. The predicted molar refractivity (Wildman–Crippen MR) is 197 cm³/mol. The van der Waals surface area contributed by atoms with Crippen LogP contribution in [0.25, 0.3) is 33.5 Å². The molecule has 3 aromatic carbocycles. The van der Waals surface area contributed by atoms with E-state index in [1.54, 1.807) is 14.2 Å². The van der Waals surface area contributed by atoms with E-state index in [0.717, 1.165) is 78.0 Å². The minimum absolute atomic E-state index is 0.104. The first kappa shape index (κ1) is 34.3. The van der Waals surface area contributed by atoms with Crippen LogP contribution >= 0.6 is 23.2 Å². The van der Waals surface area contributed by atoms with Gasteiger partial charge in [-0.25, -0.2) is 4.98 Å². The second-order valence-electron chi connectivity index (χ2n) is 13.2. The number of pyridine rings is 1. The number of rotatable bonds is 11. The molecule has 2 atom stereocenters. The Bertz CT molecular complexity index is 1920. The molecule has 0 spiro atoms. The Labute approximate surface area is 302 Å². The van der Waals surface area contributed by atoms with Crippen LogP contribution in [0.15, 0.2) is 60.7 Å². The first-order valence-corrected chi connectivity index (χ1v) is 17.9. The Hall–Kier alpha value is -4.15. The second kappa shape index (κ2) is 15.0. The van der Waals surface area contributed by atoms with Gasteiger partial charge in [0.1, 0.15) is 5.75 Å². The van der Waals surface area contributed by atoms with Crippen molar-refractivity contribution in [2.45, 2.75) is 57.3 Å². The van der Waals surface area contributed by atoms with Crippen molar-refractivity contribution >= 4 is 35.0 Å². The molecule has 0 unspecified atom stereocenters. The average molecular weight is 715 g/mol. The molecule has 1 aromatic heterocycles. The van der Waals surface area contributed by atoms with Gasteiger partial charge in [0.15, 0.2) is 0 Å². The van der Waals surface area contributed by atoms with Gasteiger partial charge in [0.05, 0.1) is 30.0 Å². The number of amides is 2. The molecule has 2 amide bonds. The molecular weight excluding hydrogens is 673 g/mol. The summed E-state index contributed by atoms with van der Waals surface area (Å²) >= 11 is 14.4. The van der Waals surface area contributed by atoms with Crippen LogP contribution in [0.5, 0.6) is 11.6 Å². The number of hydrogen-bond donors (Lipinski definition) is 3. The summed E-state index contributed by atoms with van der Waals surface area (Å²) in [7, 11) is 3.32. The molecule has 0 bridgehead atoms. The third-order valence-corrected chi connectivity index (χ3v) is 10.8. The Morgan fingerprint density at radius 3 is 2.20 bits per heavy atom. The summed E-state index contributed by atoms with van der Waals surface area (Å²) < 4.78 is 11.6. The summed E-state index contributed by atoms with van der Waals surface area (Å²) in [5.74, 6) is 1.60. The number of carbonyl (C=O) groups is 2. The van der Waals surface area contributed by atoms with Crippen molar-refractivity contribution in [2.24, 2.45) is 0 Å². The lowest BCUT2D eigenvalue weighted by molar-refractivity contribution is -0.120. The quantitative estimate of drug-likeness (QED) is 0.165. The van der Waals surface area contributed by atoms with E-state index in [0.29, 0.717) is 47.6 Å².